The van der Waals surface area contributed by atoms with Crippen LogP contribution in [0.25, 0.3) is 0 Å². The van der Waals surface area contributed by atoms with Gasteiger partial charge in [0.15, 0.2) is 11.5 Å². The van der Waals surface area contributed by atoms with E-state index in [2.05, 4.69) is 10.6 Å². The van der Waals surface area contributed by atoms with Crippen LogP contribution in [-0.2, 0) is 4.74 Å². The quantitative estimate of drug-likeness (QED) is 0.681. The van der Waals surface area contributed by atoms with Crippen molar-refractivity contribution in [1.82, 2.24) is 5.32 Å². The molecule has 1 aliphatic heterocycles. The van der Waals surface area contributed by atoms with Crippen molar-refractivity contribution in [2.45, 2.75) is 33.7 Å². The number of benzene rings is 2. The van der Waals surface area contributed by atoms with Crippen molar-refractivity contribution in [3.05, 3.63) is 51.0 Å². The summed E-state index contributed by atoms with van der Waals surface area (Å²) >= 11 is 12.1. The number of ether oxygens (including phenoxy) is 3. The number of halogens is 2. The molecule has 6 nitrogen and oxygen atoms in total. The minimum absolute atomic E-state index is 0.203. The predicted octanol–water partition coefficient (Wildman–Crippen LogP) is 5.16. The third-order valence-corrected chi connectivity index (χ3v) is 4.72. The van der Waals surface area contributed by atoms with Gasteiger partial charge < -0.3 is 14.2 Å². The Labute approximate surface area is 167 Å². The molecular formula is C19H20Cl2N2O4. The Kier molecular flexibility index (Phi) is 5.31. The molecule has 0 saturated heterocycles. The molecule has 0 aliphatic carbocycles. The Morgan fingerprint density at radius 3 is 2.04 bits per heavy atom. The molecule has 8 heteroatoms. The summed E-state index contributed by atoms with van der Waals surface area (Å²) in [5.41, 5.74) is 3.83. The van der Waals surface area contributed by atoms with Crippen molar-refractivity contribution in [2.75, 3.05) is 11.9 Å². The molecular weight excluding hydrogens is 391 g/mol. The van der Waals surface area contributed by atoms with Gasteiger partial charge in [0.2, 0.25) is 0 Å². The van der Waals surface area contributed by atoms with Crippen molar-refractivity contribution >= 4 is 35.0 Å². The molecule has 2 aromatic carbocycles. The largest absolute Gasteiger partial charge is 0.450 e. The second-order valence-corrected chi connectivity index (χ2v) is 7.09. The molecule has 0 radical (unpaired) electrons. The fraction of sp³-hybridized carbons (Fsp3) is 0.316. The molecule has 2 N–H and O–H groups in total. The van der Waals surface area contributed by atoms with Gasteiger partial charge in [0.25, 0.3) is 0 Å². The molecule has 0 atom stereocenters. The fourth-order valence-electron chi connectivity index (χ4n) is 2.98. The van der Waals surface area contributed by atoms with Gasteiger partial charge in [0.05, 0.1) is 16.7 Å². The molecule has 144 valence electrons. The van der Waals surface area contributed by atoms with Gasteiger partial charge in [-0.3, -0.25) is 5.32 Å². The molecule has 0 bridgehead atoms. The molecule has 1 aliphatic rings. The standard InChI is InChI=1S/C19H20Cl2N2O4/c1-5-25-18(24)23-19(22-17-11(3)6-10(2)7-12(17)4)26-15-8-13(20)14(21)9-16(15)27-19/h6-9,22H,5H2,1-4H3,(H,23,24). The Morgan fingerprint density at radius 1 is 1.04 bits per heavy atom. The Morgan fingerprint density at radius 2 is 1.56 bits per heavy atom. The zero-order valence-corrected chi connectivity index (χ0v) is 16.9. The molecule has 0 spiro atoms. The third kappa shape index (κ3) is 4.01. The molecule has 0 saturated carbocycles. The number of hydrogen-bond donors (Lipinski definition) is 2. The highest BCUT2D eigenvalue weighted by molar-refractivity contribution is 6.42. The lowest BCUT2D eigenvalue weighted by Gasteiger charge is -2.30. The summed E-state index contributed by atoms with van der Waals surface area (Å²) in [5, 5.41) is 6.37. The summed E-state index contributed by atoms with van der Waals surface area (Å²) in [6.07, 6.45) is -0.697. The maximum atomic E-state index is 12.1. The smallest absolute Gasteiger partial charge is 0.435 e. The molecule has 1 amide bonds. The summed E-state index contributed by atoms with van der Waals surface area (Å²) in [6.45, 7) is 7.83. The number of fused-ring (bicyclic) bond motifs is 1. The van der Waals surface area contributed by atoms with E-state index in [-0.39, 0.29) is 6.61 Å². The number of aryl methyl sites for hydroxylation is 3. The van der Waals surface area contributed by atoms with Crippen LogP contribution in [0.15, 0.2) is 24.3 Å². The maximum absolute atomic E-state index is 12.1. The average molecular weight is 411 g/mol. The number of amides is 1. The number of rotatable bonds is 4. The first-order valence-electron chi connectivity index (χ1n) is 8.41. The number of anilines is 1. The zero-order chi connectivity index (χ0) is 19.8. The SMILES string of the molecule is CCOC(=O)NC1(Nc2c(C)cc(C)cc2C)Oc2cc(Cl)c(Cl)cc2O1. The summed E-state index contributed by atoms with van der Waals surface area (Å²) in [5.74, 6) is 0.687. The average Bonchev–Trinajstić information content (AvgIpc) is 2.88. The van der Waals surface area contributed by atoms with Crippen LogP contribution in [-0.4, -0.2) is 18.7 Å². The summed E-state index contributed by atoms with van der Waals surface area (Å²) in [6, 6.07) is 5.40. The normalized spacial score (nSPS) is 14.0. The van der Waals surface area contributed by atoms with E-state index in [4.69, 9.17) is 37.4 Å². The lowest BCUT2D eigenvalue weighted by molar-refractivity contribution is -0.0770. The topological polar surface area (TPSA) is 68.8 Å². The predicted molar refractivity (Wildman–Crippen MR) is 105 cm³/mol. The molecule has 0 fully saturated rings. The maximum Gasteiger partial charge on any atom is 0.435 e. The first-order valence-corrected chi connectivity index (χ1v) is 9.16. The van der Waals surface area contributed by atoms with Crippen LogP contribution in [0.3, 0.4) is 0 Å². The first-order chi connectivity index (χ1) is 12.7. The minimum atomic E-state index is -1.70. The van der Waals surface area contributed by atoms with Crippen LogP contribution in [0.4, 0.5) is 10.5 Å². The number of carbonyl (C=O) groups excluding carboxylic acids is 1. The van der Waals surface area contributed by atoms with Crippen LogP contribution in [0.1, 0.15) is 23.6 Å². The number of hydrogen-bond acceptors (Lipinski definition) is 5. The van der Waals surface area contributed by atoms with E-state index >= 15 is 0 Å². The third-order valence-electron chi connectivity index (χ3n) is 4.00. The Bertz CT molecular complexity index is 848. The van der Waals surface area contributed by atoms with Crippen LogP contribution < -0.4 is 20.1 Å². The van der Waals surface area contributed by atoms with E-state index < -0.39 is 12.1 Å². The highest BCUT2D eigenvalue weighted by Crippen LogP contribution is 2.44. The van der Waals surface area contributed by atoms with Gasteiger partial charge in [-0.25, -0.2) is 10.1 Å². The fourth-order valence-corrected chi connectivity index (χ4v) is 3.28. The van der Waals surface area contributed by atoms with Crippen molar-refractivity contribution in [3.8, 4) is 11.5 Å². The van der Waals surface area contributed by atoms with Crippen LogP contribution in [0.5, 0.6) is 11.5 Å². The zero-order valence-electron chi connectivity index (χ0n) is 15.4. The van der Waals surface area contributed by atoms with Gasteiger partial charge >= 0.3 is 12.1 Å². The highest BCUT2D eigenvalue weighted by atomic mass is 35.5. The lowest BCUT2D eigenvalue weighted by atomic mass is 10.1. The van der Waals surface area contributed by atoms with Gasteiger partial charge in [-0.05, 0) is 38.8 Å². The van der Waals surface area contributed by atoms with E-state index in [1.165, 1.54) is 12.1 Å². The molecule has 2 aromatic rings. The van der Waals surface area contributed by atoms with Crippen LogP contribution in [0.2, 0.25) is 10.0 Å². The molecule has 0 aromatic heterocycles. The Hall–Kier alpha value is -2.31. The van der Waals surface area contributed by atoms with E-state index in [9.17, 15) is 4.79 Å². The van der Waals surface area contributed by atoms with Gasteiger partial charge in [-0.1, -0.05) is 40.9 Å². The van der Waals surface area contributed by atoms with Gasteiger partial charge in [-0.15, -0.1) is 0 Å². The minimum Gasteiger partial charge on any atom is -0.450 e. The molecule has 0 unspecified atom stereocenters. The summed E-state index contributed by atoms with van der Waals surface area (Å²) in [4.78, 5) is 12.1. The second kappa shape index (κ2) is 7.37. The van der Waals surface area contributed by atoms with Crippen LogP contribution in [0, 0.1) is 20.8 Å². The van der Waals surface area contributed by atoms with Crippen molar-refractivity contribution in [3.63, 3.8) is 0 Å². The van der Waals surface area contributed by atoms with E-state index in [1.54, 1.807) is 6.92 Å². The first kappa shape index (κ1) is 19.5. The number of nitrogens with one attached hydrogen (secondary N) is 2. The number of alkyl carbamates (subject to hydrolysis) is 1. The number of carbonyl (C=O) groups is 1. The van der Waals surface area contributed by atoms with E-state index in [0.29, 0.717) is 21.5 Å². The summed E-state index contributed by atoms with van der Waals surface area (Å²) < 4.78 is 16.8. The van der Waals surface area contributed by atoms with E-state index in [0.717, 1.165) is 22.4 Å². The van der Waals surface area contributed by atoms with Gasteiger partial charge in [0, 0.05) is 17.8 Å². The molecule has 27 heavy (non-hydrogen) atoms. The van der Waals surface area contributed by atoms with E-state index in [1.807, 2.05) is 32.9 Å². The van der Waals surface area contributed by atoms with Crippen molar-refractivity contribution in [1.29, 1.82) is 0 Å². The van der Waals surface area contributed by atoms with Crippen molar-refractivity contribution < 1.29 is 19.0 Å². The molecule has 1 heterocycles. The van der Waals surface area contributed by atoms with Crippen LogP contribution >= 0.6 is 23.2 Å². The van der Waals surface area contributed by atoms with Gasteiger partial charge in [-0.2, -0.15) is 0 Å². The van der Waals surface area contributed by atoms with Crippen molar-refractivity contribution in [2.24, 2.45) is 0 Å². The monoisotopic (exact) mass is 410 g/mol. The highest BCUT2D eigenvalue weighted by Gasteiger charge is 2.45. The second-order valence-electron chi connectivity index (χ2n) is 6.28. The Balaban J connectivity index is 1.99. The lowest BCUT2D eigenvalue weighted by Crippen LogP contribution is -2.61. The summed E-state index contributed by atoms with van der Waals surface area (Å²) in [7, 11) is 0. The molecule has 3 rings (SSSR count). The van der Waals surface area contributed by atoms with Gasteiger partial charge in [0.1, 0.15) is 0 Å².